The zero-order valence-electron chi connectivity index (χ0n) is 22.4. The van der Waals surface area contributed by atoms with Crippen molar-refractivity contribution in [1.82, 2.24) is 15.6 Å². The average molecular weight is 533 g/mol. The molecule has 2 amide bonds. The fourth-order valence-corrected chi connectivity index (χ4v) is 5.79. The SMILES string of the molecule is COc1cc(CNC(=O)c2ccc(N3[C@@H]4CC[C@H]3C[C@@H](NC(=O)c3cccc(OC)c3C)C4)nc2)ccc1F. The molecule has 204 valence electrons. The Balaban J connectivity index is 1.19. The van der Waals surface area contributed by atoms with E-state index in [1.54, 1.807) is 31.5 Å². The number of amides is 2. The minimum atomic E-state index is -0.445. The van der Waals surface area contributed by atoms with E-state index in [-0.39, 0.29) is 42.2 Å². The Hall–Kier alpha value is -4.14. The number of nitrogens with zero attached hydrogens (tertiary/aromatic N) is 2. The Morgan fingerprint density at radius 1 is 1.00 bits per heavy atom. The fraction of sp³-hybridized carbons (Fsp3) is 0.367. The summed E-state index contributed by atoms with van der Waals surface area (Å²) in [4.78, 5) is 32.7. The Kier molecular flexibility index (Phi) is 7.67. The summed E-state index contributed by atoms with van der Waals surface area (Å²) >= 11 is 0. The average Bonchev–Trinajstić information content (AvgIpc) is 3.22. The third-order valence-corrected chi connectivity index (χ3v) is 7.76. The molecule has 3 heterocycles. The predicted octanol–water partition coefficient (Wildman–Crippen LogP) is 4.41. The van der Waals surface area contributed by atoms with Gasteiger partial charge in [-0.25, -0.2) is 9.37 Å². The van der Waals surface area contributed by atoms with Crippen molar-refractivity contribution in [2.75, 3.05) is 19.1 Å². The lowest BCUT2D eigenvalue weighted by atomic mass is 9.96. The van der Waals surface area contributed by atoms with Crippen LogP contribution in [0.3, 0.4) is 0 Å². The molecule has 8 nitrogen and oxygen atoms in total. The number of anilines is 1. The van der Waals surface area contributed by atoms with E-state index in [2.05, 4.69) is 20.5 Å². The molecule has 0 radical (unpaired) electrons. The van der Waals surface area contributed by atoms with Crippen molar-refractivity contribution in [3.63, 3.8) is 0 Å². The van der Waals surface area contributed by atoms with E-state index < -0.39 is 5.82 Å². The largest absolute Gasteiger partial charge is 0.496 e. The second-order valence-electron chi connectivity index (χ2n) is 10.1. The molecular formula is C30H33FN4O4. The Labute approximate surface area is 227 Å². The van der Waals surface area contributed by atoms with Crippen LogP contribution >= 0.6 is 0 Å². The minimum Gasteiger partial charge on any atom is -0.496 e. The highest BCUT2D eigenvalue weighted by atomic mass is 19.1. The van der Waals surface area contributed by atoms with Gasteiger partial charge in [0.15, 0.2) is 11.6 Å². The van der Waals surface area contributed by atoms with Crippen LogP contribution in [0.2, 0.25) is 0 Å². The van der Waals surface area contributed by atoms with Crippen molar-refractivity contribution in [3.05, 3.63) is 82.8 Å². The van der Waals surface area contributed by atoms with Crippen LogP contribution in [0, 0.1) is 12.7 Å². The Bertz CT molecular complexity index is 1350. The van der Waals surface area contributed by atoms with Crippen LogP contribution in [0.15, 0.2) is 54.7 Å². The van der Waals surface area contributed by atoms with Gasteiger partial charge in [0.2, 0.25) is 0 Å². The number of benzene rings is 2. The molecule has 2 aliphatic heterocycles. The van der Waals surface area contributed by atoms with Gasteiger partial charge in [0.1, 0.15) is 11.6 Å². The van der Waals surface area contributed by atoms with Gasteiger partial charge in [0.05, 0.1) is 19.8 Å². The number of carbonyl (C=O) groups is 2. The second-order valence-corrected chi connectivity index (χ2v) is 10.1. The van der Waals surface area contributed by atoms with E-state index in [0.29, 0.717) is 16.9 Å². The first kappa shape index (κ1) is 26.5. The number of hydrogen-bond donors (Lipinski definition) is 2. The highest BCUT2D eigenvalue weighted by Crippen LogP contribution is 2.38. The number of nitrogens with one attached hydrogen (secondary N) is 2. The molecular weight excluding hydrogens is 499 g/mol. The van der Waals surface area contributed by atoms with Crippen molar-refractivity contribution < 1.29 is 23.5 Å². The van der Waals surface area contributed by atoms with E-state index in [1.165, 1.54) is 13.2 Å². The third kappa shape index (κ3) is 5.53. The molecule has 2 aliphatic rings. The van der Waals surface area contributed by atoms with Gasteiger partial charge in [-0.2, -0.15) is 0 Å². The molecule has 0 spiro atoms. The quantitative estimate of drug-likeness (QED) is 0.447. The van der Waals surface area contributed by atoms with E-state index in [9.17, 15) is 14.0 Å². The van der Waals surface area contributed by atoms with Crippen LogP contribution in [0.4, 0.5) is 10.2 Å². The number of rotatable bonds is 8. The van der Waals surface area contributed by atoms with E-state index in [1.807, 2.05) is 31.2 Å². The number of halogens is 1. The lowest BCUT2D eigenvalue weighted by Gasteiger charge is -2.40. The molecule has 2 fully saturated rings. The van der Waals surface area contributed by atoms with Crippen molar-refractivity contribution in [1.29, 1.82) is 0 Å². The molecule has 3 atom stereocenters. The summed E-state index contributed by atoms with van der Waals surface area (Å²) in [5, 5.41) is 6.08. The van der Waals surface area contributed by atoms with Crippen LogP contribution in [0.1, 0.15) is 57.5 Å². The third-order valence-electron chi connectivity index (χ3n) is 7.76. The summed E-state index contributed by atoms with van der Waals surface area (Å²) < 4.78 is 24.0. The van der Waals surface area contributed by atoms with Gasteiger partial charge in [-0.3, -0.25) is 9.59 Å². The number of aromatic nitrogens is 1. The molecule has 0 unspecified atom stereocenters. The number of fused-ring (bicyclic) bond motifs is 2. The van der Waals surface area contributed by atoms with Crippen molar-refractivity contribution in [2.45, 2.75) is 57.3 Å². The maximum atomic E-state index is 13.6. The summed E-state index contributed by atoms with van der Waals surface area (Å²) in [6, 6.07) is 14.3. The van der Waals surface area contributed by atoms with Gasteiger partial charge in [0.25, 0.3) is 11.8 Å². The zero-order chi connectivity index (χ0) is 27.5. The summed E-state index contributed by atoms with van der Waals surface area (Å²) in [5.74, 6) is 0.916. The van der Waals surface area contributed by atoms with Crippen molar-refractivity contribution in [3.8, 4) is 11.5 Å². The van der Waals surface area contributed by atoms with Crippen LogP contribution in [0.5, 0.6) is 11.5 Å². The molecule has 2 aromatic carbocycles. The smallest absolute Gasteiger partial charge is 0.253 e. The Morgan fingerprint density at radius 3 is 2.41 bits per heavy atom. The standard InChI is InChI=1S/C30H33FN4O4/c1-18-24(5-4-6-26(18)38-2)30(37)34-21-14-22-9-10-23(15-21)35(22)28-12-8-20(17-32-28)29(36)33-16-19-7-11-25(31)27(13-19)39-3/h4-8,11-13,17,21-23H,9-10,14-16H2,1-3H3,(H,33,36)(H,34,37)/t21-,22+,23-. The molecule has 39 heavy (non-hydrogen) atoms. The molecule has 5 rings (SSSR count). The van der Waals surface area contributed by atoms with Crippen molar-refractivity contribution >= 4 is 17.6 Å². The van der Waals surface area contributed by atoms with Gasteiger partial charge in [-0.1, -0.05) is 12.1 Å². The van der Waals surface area contributed by atoms with E-state index in [4.69, 9.17) is 9.47 Å². The summed E-state index contributed by atoms with van der Waals surface area (Å²) in [7, 11) is 3.01. The van der Waals surface area contributed by atoms with E-state index >= 15 is 0 Å². The van der Waals surface area contributed by atoms with Crippen LogP contribution in [-0.2, 0) is 6.54 Å². The zero-order valence-corrected chi connectivity index (χ0v) is 22.4. The minimum absolute atomic E-state index is 0.0724. The van der Waals surface area contributed by atoms with Gasteiger partial charge >= 0.3 is 0 Å². The van der Waals surface area contributed by atoms with Gasteiger partial charge < -0.3 is 25.0 Å². The maximum Gasteiger partial charge on any atom is 0.253 e. The first-order chi connectivity index (χ1) is 18.9. The van der Waals surface area contributed by atoms with Crippen LogP contribution in [-0.4, -0.2) is 49.1 Å². The topological polar surface area (TPSA) is 92.8 Å². The van der Waals surface area contributed by atoms with Crippen LogP contribution in [0.25, 0.3) is 0 Å². The first-order valence-corrected chi connectivity index (χ1v) is 13.2. The monoisotopic (exact) mass is 532 g/mol. The van der Waals surface area contributed by atoms with Gasteiger partial charge in [0, 0.05) is 42.0 Å². The number of hydrogen-bond acceptors (Lipinski definition) is 6. The highest BCUT2D eigenvalue weighted by molar-refractivity contribution is 5.96. The fourth-order valence-electron chi connectivity index (χ4n) is 5.79. The molecule has 2 N–H and O–H groups in total. The Morgan fingerprint density at radius 2 is 1.74 bits per heavy atom. The van der Waals surface area contributed by atoms with Crippen molar-refractivity contribution in [2.24, 2.45) is 0 Å². The van der Waals surface area contributed by atoms with E-state index in [0.717, 1.165) is 42.6 Å². The van der Waals surface area contributed by atoms with Gasteiger partial charge in [-0.15, -0.1) is 0 Å². The summed E-state index contributed by atoms with van der Waals surface area (Å²) in [6.07, 6.45) is 5.36. The number of carbonyl (C=O) groups excluding carboxylic acids is 2. The molecule has 9 heteroatoms. The molecule has 0 saturated carbocycles. The number of piperidine rings is 1. The predicted molar refractivity (Wildman–Crippen MR) is 146 cm³/mol. The normalized spacial score (nSPS) is 19.9. The number of pyridine rings is 1. The molecule has 2 bridgehead atoms. The second kappa shape index (κ2) is 11.3. The molecule has 1 aromatic heterocycles. The van der Waals surface area contributed by atoms with Gasteiger partial charge in [-0.05, 0) is 74.6 Å². The number of ether oxygens (including phenoxy) is 2. The first-order valence-electron chi connectivity index (χ1n) is 13.2. The maximum absolute atomic E-state index is 13.6. The lowest BCUT2D eigenvalue weighted by Crippen LogP contribution is -2.50. The lowest BCUT2D eigenvalue weighted by molar-refractivity contribution is 0.0923. The summed E-state index contributed by atoms with van der Waals surface area (Å²) in [5.41, 5.74) is 2.66. The molecule has 2 saturated heterocycles. The summed E-state index contributed by atoms with van der Waals surface area (Å²) in [6.45, 7) is 2.14. The number of methoxy groups -OCH3 is 2. The molecule has 3 aromatic rings. The molecule has 0 aliphatic carbocycles. The van der Waals surface area contributed by atoms with Crippen LogP contribution < -0.4 is 25.0 Å². The highest BCUT2D eigenvalue weighted by Gasteiger charge is 2.42.